The van der Waals surface area contributed by atoms with Gasteiger partial charge in [0.25, 0.3) is 0 Å². The minimum absolute atomic E-state index is 0.111. The van der Waals surface area contributed by atoms with Crippen molar-refractivity contribution in [2.75, 3.05) is 18.2 Å². The summed E-state index contributed by atoms with van der Waals surface area (Å²) in [5.41, 5.74) is 2.91. The fraction of sp³-hybridized carbons (Fsp3) is 0.263. The van der Waals surface area contributed by atoms with Crippen LogP contribution in [0.5, 0.6) is 5.75 Å². The smallest absolute Gasteiger partial charge is 0.234 e. The van der Waals surface area contributed by atoms with Crippen molar-refractivity contribution >= 4 is 50.6 Å². The predicted molar refractivity (Wildman–Crippen MR) is 111 cm³/mol. The molecule has 28 heavy (non-hydrogen) atoms. The molecule has 4 aromatic rings. The first kappa shape index (κ1) is 17.4. The lowest BCUT2D eigenvalue weighted by atomic mass is 10.2. The molecule has 1 amide bonds. The summed E-state index contributed by atoms with van der Waals surface area (Å²) in [5.74, 6) is 0.824. The van der Waals surface area contributed by atoms with Gasteiger partial charge in [-0.1, -0.05) is 17.8 Å². The average Bonchev–Trinajstić information content (AvgIpc) is 3.40. The molecule has 0 saturated carbocycles. The predicted octanol–water partition coefficient (Wildman–Crippen LogP) is 3.57. The maximum absolute atomic E-state index is 12.3. The summed E-state index contributed by atoms with van der Waals surface area (Å²) < 4.78 is 7.07. The Bertz CT molecular complexity index is 1200. The highest BCUT2D eigenvalue weighted by Crippen LogP contribution is 2.38. The molecule has 0 aliphatic heterocycles. The monoisotopic (exact) mass is 411 g/mol. The Labute approximate surface area is 169 Å². The van der Waals surface area contributed by atoms with Crippen LogP contribution < -0.4 is 10.1 Å². The number of anilines is 1. The number of aryl methyl sites for hydroxylation is 2. The number of thioether (sulfide) groups is 1. The molecule has 0 atom stereocenters. The van der Waals surface area contributed by atoms with E-state index in [4.69, 9.17) is 4.74 Å². The fourth-order valence-corrected chi connectivity index (χ4v) is 5.43. The van der Waals surface area contributed by atoms with E-state index in [2.05, 4.69) is 20.5 Å². The van der Waals surface area contributed by atoms with Crippen LogP contribution in [0.4, 0.5) is 5.69 Å². The number of benzene rings is 1. The van der Waals surface area contributed by atoms with Gasteiger partial charge in [-0.15, -0.1) is 21.5 Å². The maximum Gasteiger partial charge on any atom is 0.234 e. The van der Waals surface area contributed by atoms with Crippen molar-refractivity contribution in [2.45, 2.75) is 24.4 Å². The van der Waals surface area contributed by atoms with E-state index < -0.39 is 0 Å². The first-order valence-electron chi connectivity index (χ1n) is 8.93. The van der Waals surface area contributed by atoms with Crippen LogP contribution in [-0.4, -0.2) is 38.4 Å². The van der Waals surface area contributed by atoms with E-state index in [1.165, 1.54) is 28.6 Å². The third-order valence-electron chi connectivity index (χ3n) is 4.77. The van der Waals surface area contributed by atoms with Gasteiger partial charge in [-0.05, 0) is 37.0 Å². The van der Waals surface area contributed by atoms with Gasteiger partial charge in [0.05, 0.1) is 18.2 Å². The molecule has 7 nitrogen and oxygen atoms in total. The van der Waals surface area contributed by atoms with E-state index in [0.29, 0.717) is 16.6 Å². The minimum Gasteiger partial charge on any atom is -0.497 e. The molecule has 3 aromatic heterocycles. The van der Waals surface area contributed by atoms with Gasteiger partial charge in [0.2, 0.25) is 5.91 Å². The Hall–Kier alpha value is -2.65. The lowest BCUT2D eigenvalue weighted by Crippen LogP contribution is -2.14. The van der Waals surface area contributed by atoms with Crippen LogP contribution in [0.15, 0.2) is 35.7 Å². The maximum atomic E-state index is 12.3. The number of hydrogen-bond donors (Lipinski definition) is 1. The van der Waals surface area contributed by atoms with Crippen molar-refractivity contribution in [2.24, 2.45) is 0 Å². The second kappa shape index (κ2) is 7.06. The van der Waals surface area contributed by atoms with Gasteiger partial charge in [-0.25, -0.2) is 4.98 Å². The highest BCUT2D eigenvalue weighted by atomic mass is 32.2. The molecule has 9 heteroatoms. The van der Waals surface area contributed by atoms with Gasteiger partial charge in [0, 0.05) is 16.6 Å². The second-order valence-corrected chi connectivity index (χ2v) is 8.55. The molecule has 1 N–H and O–H groups in total. The van der Waals surface area contributed by atoms with E-state index in [1.807, 2.05) is 22.6 Å². The third-order valence-corrected chi connectivity index (χ3v) is 6.91. The summed E-state index contributed by atoms with van der Waals surface area (Å²) in [4.78, 5) is 19.4. The third kappa shape index (κ3) is 3.00. The molecule has 1 aliphatic carbocycles. The molecule has 5 rings (SSSR count). The number of fused-ring (bicyclic) bond motifs is 5. The van der Waals surface area contributed by atoms with Crippen LogP contribution in [0.2, 0.25) is 0 Å². The lowest BCUT2D eigenvalue weighted by Gasteiger charge is -2.06. The van der Waals surface area contributed by atoms with Gasteiger partial charge in [0.15, 0.2) is 10.8 Å². The van der Waals surface area contributed by atoms with E-state index in [1.54, 1.807) is 30.8 Å². The normalized spacial score (nSPS) is 13.2. The highest BCUT2D eigenvalue weighted by molar-refractivity contribution is 7.99. The van der Waals surface area contributed by atoms with E-state index in [9.17, 15) is 4.79 Å². The number of carbonyl (C=O) groups is 1. The molecular weight excluding hydrogens is 394 g/mol. The highest BCUT2D eigenvalue weighted by Gasteiger charge is 2.22. The molecule has 1 aliphatic rings. The number of carbonyl (C=O) groups excluding carboxylic acids is 1. The molecular formula is C19H17N5O2S2. The average molecular weight is 412 g/mol. The standard InChI is InChI=1S/C19H17N5O2S2/c1-26-12-5-2-4-11(8-12)21-15(25)9-27-19-23-22-17-16-13-6-3-7-14(13)28-18(16)20-10-24(17)19/h2,4-5,8,10H,3,6-7,9H2,1H3,(H,21,25). The summed E-state index contributed by atoms with van der Waals surface area (Å²) >= 11 is 3.11. The number of aromatic nitrogens is 4. The van der Waals surface area contributed by atoms with Crippen molar-refractivity contribution in [1.29, 1.82) is 0 Å². The first-order chi connectivity index (χ1) is 13.7. The van der Waals surface area contributed by atoms with Crippen LogP contribution in [0.3, 0.4) is 0 Å². The van der Waals surface area contributed by atoms with Crippen molar-refractivity contribution in [3.63, 3.8) is 0 Å². The number of hydrogen-bond acceptors (Lipinski definition) is 7. The summed E-state index contributed by atoms with van der Waals surface area (Å²) in [6, 6.07) is 7.29. The van der Waals surface area contributed by atoms with Crippen LogP contribution in [0.25, 0.3) is 15.9 Å². The van der Waals surface area contributed by atoms with Crippen molar-refractivity contribution in [3.05, 3.63) is 41.0 Å². The van der Waals surface area contributed by atoms with Crippen LogP contribution in [0.1, 0.15) is 16.9 Å². The zero-order valence-electron chi connectivity index (χ0n) is 15.1. The number of thiophene rings is 1. The minimum atomic E-state index is -0.111. The summed E-state index contributed by atoms with van der Waals surface area (Å²) in [6.07, 6.45) is 5.15. The Morgan fingerprint density at radius 1 is 1.36 bits per heavy atom. The largest absolute Gasteiger partial charge is 0.497 e. The quantitative estimate of drug-likeness (QED) is 0.506. The SMILES string of the molecule is COc1cccc(NC(=O)CSc2nnc3c4c5c(sc4ncn23)CCC5)c1. The summed E-state index contributed by atoms with van der Waals surface area (Å²) in [7, 11) is 1.60. The molecule has 3 heterocycles. The number of methoxy groups -OCH3 is 1. The summed E-state index contributed by atoms with van der Waals surface area (Å²) in [5, 5.41) is 13.4. The molecule has 0 unspecified atom stereocenters. The zero-order chi connectivity index (χ0) is 19.1. The molecule has 0 spiro atoms. The number of rotatable bonds is 5. The molecule has 142 valence electrons. The number of nitrogens with zero attached hydrogens (tertiary/aromatic N) is 4. The van der Waals surface area contributed by atoms with Crippen LogP contribution in [-0.2, 0) is 17.6 Å². The van der Waals surface area contributed by atoms with Crippen molar-refractivity contribution < 1.29 is 9.53 Å². The number of amides is 1. The van der Waals surface area contributed by atoms with Gasteiger partial charge in [-0.3, -0.25) is 9.20 Å². The molecule has 0 bridgehead atoms. The molecule has 0 fully saturated rings. The van der Waals surface area contributed by atoms with Crippen molar-refractivity contribution in [1.82, 2.24) is 19.6 Å². The second-order valence-electron chi connectivity index (χ2n) is 6.53. The Kier molecular flexibility index (Phi) is 4.40. The van der Waals surface area contributed by atoms with E-state index >= 15 is 0 Å². The van der Waals surface area contributed by atoms with Gasteiger partial charge < -0.3 is 10.1 Å². The Morgan fingerprint density at radius 2 is 2.29 bits per heavy atom. The number of ether oxygens (including phenoxy) is 1. The Morgan fingerprint density at radius 3 is 3.18 bits per heavy atom. The molecule has 0 saturated heterocycles. The van der Waals surface area contributed by atoms with Gasteiger partial charge in [0.1, 0.15) is 16.9 Å². The zero-order valence-corrected chi connectivity index (χ0v) is 16.8. The summed E-state index contributed by atoms with van der Waals surface area (Å²) in [6.45, 7) is 0. The lowest BCUT2D eigenvalue weighted by molar-refractivity contribution is -0.113. The van der Waals surface area contributed by atoms with Crippen LogP contribution in [0, 0.1) is 0 Å². The Balaban J connectivity index is 1.35. The van der Waals surface area contributed by atoms with Gasteiger partial charge >= 0.3 is 0 Å². The molecule has 1 aromatic carbocycles. The topological polar surface area (TPSA) is 81.4 Å². The van der Waals surface area contributed by atoms with E-state index in [0.717, 1.165) is 28.7 Å². The molecule has 0 radical (unpaired) electrons. The fourth-order valence-electron chi connectivity index (χ4n) is 3.50. The van der Waals surface area contributed by atoms with E-state index in [-0.39, 0.29) is 11.7 Å². The van der Waals surface area contributed by atoms with Crippen LogP contribution >= 0.6 is 23.1 Å². The van der Waals surface area contributed by atoms with Gasteiger partial charge in [-0.2, -0.15) is 0 Å². The van der Waals surface area contributed by atoms with Crippen molar-refractivity contribution in [3.8, 4) is 5.75 Å². The first-order valence-corrected chi connectivity index (χ1v) is 10.7. The number of nitrogens with one attached hydrogen (secondary N) is 1.